The first-order valence-corrected chi connectivity index (χ1v) is 8.98. The van der Waals surface area contributed by atoms with E-state index in [2.05, 4.69) is 10.1 Å². The molecule has 1 aliphatic heterocycles. The van der Waals surface area contributed by atoms with Gasteiger partial charge in [0.25, 0.3) is 5.71 Å². The molecule has 0 N–H and O–H groups in total. The normalized spacial score (nSPS) is 18.3. The molecule has 3 heterocycles. The SMILES string of the molecule is CCc1cc(C(F)(F)F)c2c([C@H]3CCCN(C(=O)CCOC)C3)noc2n1. The van der Waals surface area contributed by atoms with Gasteiger partial charge in [-0.2, -0.15) is 13.2 Å². The quantitative estimate of drug-likeness (QED) is 0.787. The number of ether oxygens (including phenoxy) is 1. The van der Waals surface area contributed by atoms with Gasteiger partial charge in [0.1, 0.15) is 0 Å². The highest BCUT2D eigenvalue weighted by Crippen LogP contribution is 2.40. The van der Waals surface area contributed by atoms with Crippen molar-refractivity contribution in [3.05, 3.63) is 23.0 Å². The molecular weight excluding hydrogens is 363 g/mol. The van der Waals surface area contributed by atoms with E-state index in [9.17, 15) is 18.0 Å². The van der Waals surface area contributed by atoms with E-state index < -0.39 is 11.7 Å². The number of likely N-dealkylation sites (tertiary alicyclic amines) is 1. The number of rotatable bonds is 5. The van der Waals surface area contributed by atoms with Gasteiger partial charge in [0.15, 0.2) is 0 Å². The zero-order chi connectivity index (χ0) is 19.6. The average molecular weight is 385 g/mol. The molecule has 0 aliphatic carbocycles. The van der Waals surface area contributed by atoms with Crippen molar-refractivity contribution in [1.82, 2.24) is 15.0 Å². The van der Waals surface area contributed by atoms with Crippen LogP contribution in [-0.2, 0) is 22.1 Å². The number of aromatic nitrogens is 2. The lowest BCUT2D eigenvalue weighted by atomic mass is 9.91. The predicted molar refractivity (Wildman–Crippen MR) is 91.2 cm³/mol. The fourth-order valence-corrected chi connectivity index (χ4v) is 3.48. The first-order chi connectivity index (χ1) is 12.8. The topological polar surface area (TPSA) is 68.5 Å². The Morgan fingerprint density at radius 2 is 2.22 bits per heavy atom. The van der Waals surface area contributed by atoms with E-state index in [1.54, 1.807) is 11.8 Å². The van der Waals surface area contributed by atoms with Gasteiger partial charge in [-0.3, -0.25) is 4.79 Å². The summed E-state index contributed by atoms with van der Waals surface area (Å²) in [5, 5.41) is 3.84. The van der Waals surface area contributed by atoms with Gasteiger partial charge in [0, 0.05) is 31.8 Å². The van der Waals surface area contributed by atoms with E-state index >= 15 is 0 Å². The zero-order valence-electron chi connectivity index (χ0n) is 15.3. The molecule has 148 valence electrons. The molecule has 2 aromatic heterocycles. The van der Waals surface area contributed by atoms with E-state index in [1.807, 2.05) is 0 Å². The maximum atomic E-state index is 13.6. The summed E-state index contributed by atoms with van der Waals surface area (Å²) in [7, 11) is 1.52. The highest BCUT2D eigenvalue weighted by Gasteiger charge is 2.38. The number of methoxy groups -OCH3 is 1. The fourth-order valence-electron chi connectivity index (χ4n) is 3.48. The molecule has 0 spiro atoms. The Morgan fingerprint density at radius 1 is 1.44 bits per heavy atom. The summed E-state index contributed by atoms with van der Waals surface area (Å²) in [5.41, 5.74) is -0.336. The number of carbonyl (C=O) groups is 1. The van der Waals surface area contributed by atoms with Crippen molar-refractivity contribution in [2.24, 2.45) is 0 Å². The van der Waals surface area contributed by atoms with Crippen LogP contribution in [0.2, 0.25) is 0 Å². The van der Waals surface area contributed by atoms with Crippen LogP contribution >= 0.6 is 0 Å². The Labute approximate surface area is 154 Å². The second-order valence-corrected chi connectivity index (χ2v) is 6.68. The lowest BCUT2D eigenvalue weighted by Crippen LogP contribution is -2.39. The van der Waals surface area contributed by atoms with Crippen molar-refractivity contribution < 1.29 is 27.2 Å². The Balaban J connectivity index is 1.96. The van der Waals surface area contributed by atoms with Gasteiger partial charge in [-0.1, -0.05) is 12.1 Å². The molecular formula is C18H22F3N3O3. The molecule has 0 aromatic carbocycles. The van der Waals surface area contributed by atoms with Crippen molar-refractivity contribution in [1.29, 1.82) is 0 Å². The zero-order valence-corrected chi connectivity index (χ0v) is 15.3. The predicted octanol–water partition coefficient (Wildman–Crippen LogP) is 3.55. The lowest BCUT2D eigenvalue weighted by molar-refractivity contribution is -0.136. The summed E-state index contributed by atoms with van der Waals surface area (Å²) >= 11 is 0. The number of amides is 1. The second kappa shape index (κ2) is 7.84. The van der Waals surface area contributed by atoms with Gasteiger partial charge in [-0.05, 0) is 25.3 Å². The molecule has 1 atom stereocenters. The summed E-state index contributed by atoms with van der Waals surface area (Å²) in [6, 6.07) is 1.06. The maximum Gasteiger partial charge on any atom is 0.417 e. The van der Waals surface area contributed by atoms with Crippen molar-refractivity contribution in [3.8, 4) is 0 Å². The second-order valence-electron chi connectivity index (χ2n) is 6.68. The van der Waals surface area contributed by atoms with E-state index in [1.165, 1.54) is 7.11 Å². The van der Waals surface area contributed by atoms with Gasteiger partial charge in [-0.25, -0.2) is 4.98 Å². The third-order valence-electron chi connectivity index (χ3n) is 4.87. The smallest absolute Gasteiger partial charge is 0.384 e. The molecule has 9 heteroatoms. The van der Waals surface area contributed by atoms with Gasteiger partial charge >= 0.3 is 6.18 Å². The maximum absolute atomic E-state index is 13.6. The van der Waals surface area contributed by atoms with Crippen LogP contribution in [0.5, 0.6) is 0 Å². The summed E-state index contributed by atoms with van der Waals surface area (Å²) in [5.74, 6) is -0.390. The minimum Gasteiger partial charge on any atom is -0.384 e. The van der Waals surface area contributed by atoms with Crippen molar-refractivity contribution in [3.63, 3.8) is 0 Å². The molecule has 0 radical (unpaired) electrons. The standard InChI is InChI=1S/C18H22F3N3O3/c1-3-12-9-13(18(19,20)21)15-16(23-27-17(15)22-12)11-5-4-7-24(10-11)14(25)6-8-26-2/h9,11H,3-8,10H2,1-2H3/t11-/m0/s1. The molecule has 1 fully saturated rings. The number of hydrogen-bond acceptors (Lipinski definition) is 5. The van der Waals surface area contributed by atoms with E-state index in [4.69, 9.17) is 9.26 Å². The van der Waals surface area contributed by atoms with Crippen LogP contribution in [0.15, 0.2) is 10.6 Å². The van der Waals surface area contributed by atoms with Crippen LogP contribution < -0.4 is 0 Å². The molecule has 0 bridgehead atoms. The third kappa shape index (κ3) is 4.07. The van der Waals surface area contributed by atoms with Gasteiger partial charge in [0.2, 0.25) is 5.91 Å². The number of halogens is 3. The number of piperidine rings is 1. The first-order valence-electron chi connectivity index (χ1n) is 8.98. The first kappa shape index (κ1) is 19.6. The van der Waals surface area contributed by atoms with E-state index in [0.29, 0.717) is 44.7 Å². The number of fused-ring (bicyclic) bond motifs is 1. The summed E-state index contributed by atoms with van der Waals surface area (Å²) in [4.78, 5) is 18.1. The Hall–Kier alpha value is -2.16. The van der Waals surface area contributed by atoms with Gasteiger partial charge in [-0.15, -0.1) is 0 Å². The minimum atomic E-state index is -4.53. The van der Waals surface area contributed by atoms with Crippen molar-refractivity contribution in [2.75, 3.05) is 26.8 Å². The van der Waals surface area contributed by atoms with Gasteiger partial charge in [0.05, 0.1) is 29.7 Å². The highest BCUT2D eigenvalue weighted by molar-refractivity contribution is 5.82. The number of pyridine rings is 1. The Kier molecular flexibility index (Phi) is 5.69. The minimum absolute atomic E-state index is 0.0724. The molecule has 27 heavy (non-hydrogen) atoms. The number of hydrogen-bond donors (Lipinski definition) is 0. The Bertz CT molecular complexity index is 819. The van der Waals surface area contributed by atoms with Crippen LogP contribution in [0.3, 0.4) is 0 Å². The molecule has 0 saturated carbocycles. The van der Waals surface area contributed by atoms with Crippen LogP contribution in [0, 0.1) is 0 Å². The fraction of sp³-hybridized carbons (Fsp3) is 0.611. The van der Waals surface area contributed by atoms with Crippen LogP contribution in [-0.4, -0.2) is 47.8 Å². The molecule has 1 amide bonds. The van der Waals surface area contributed by atoms with Crippen LogP contribution in [0.1, 0.15) is 49.1 Å². The largest absolute Gasteiger partial charge is 0.417 e. The van der Waals surface area contributed by atoms with Crippen LogP contribution in [0.25, 0.3) is 11.1 Å². The summed E-state index contributed by atoms with van der Waals surface area (Å²) in [6.07, 6.45) is -2.59. The Morgan fingerprint density at radius 3 is 2.89 bits per heavy atom. The monoisotopic (exact) mass is 385 g/mol. The van der Waals surface area contributed by atoms with E-state index in [-0.39, 0.29) is 35.0 Å². The number of alkyl halides is 3. The van der Waals surface area contributed by atoms with Crippen LogP contribution in [0.4, 0.5) is 13.2 Å². The third-order valence-corrected chi connectivity index (χ3v) is 4.87. The number of nitrogens with zero attached hydrogens (tertiary/aromatic N) is 3. The molecule has 2 aromatic rings. The molecule has 0 unspecified atom stereocenters. The average Bonchev–Trinajstić information content (AvgIpc) is 3.08. The molecule has 6 nitrogen and oxygen atoms in total. The highest BCUT2D eigenvalue weighted by atomic mass is 19.4. The van der Waals surface area contributed by atoms with Crippen molar-refractivity contribution in [2.45, 2.75) is 44.7 Å². The summed E-state index contributed by atoms with van der Waals surface area (Å²) < 4.78 is 51.0. The molecule has 3 rings (SSSR count). The van der Waals surface area contributed by atoms with E-state index in [0.717, 1.165) is 6.07 Å². The lowest BCUT2D eigenvalue weighted by Gasteiger charge is -2.32. The number of carbonyl (C=O) groups excluding carboxylic acids is 1. The molecule has 1 saturated heterocycles. The van der Waals surface area contributed by atoms with Crippen molar-refractivity contribution >= 4 is 17.0 Å². The van der Waals surface area contributed by atoms with Gasteiger partial charge < -0.3 is 14.2 Å². The molecule has 1 aliphatic rings. The summed E-state index contributed by atoms with van der Waals surface area (Å²) in [6.45, 7) is 2.95. The number of aryl methyl sites for hydroxylation is 1.